The molecular formula is C9H12N4. The van der Waals surface area contributed by atoms with Crippen LogP contribution in [0.5, 0.6) is 0 Å². The summed E-state index contributed by atoms with van der Waals surface area (Å²) in [5.74, 6) is 0. The average molecular weight is 176 g/mol. The van der Waals surface area contributed by atoms with Crippen LogP contribution in [0, 0.1) is 0 Å². The summed E-state index contributed by atoms with van der Waals surface area (Å²) in [6.07, 6.45) is 5.67. The quantitative estimate of drug-likeness (QED) is 0.741. The SMILES string of the molecule is Cn1cc(NCc2ccc[nH]2)cn1. The van der Waals surface area contributed by atoms with Crippen molar-refractivity contribution in [2.75, 3.05) is 5.32 Å². The van der Waals surface area contributed by atoms with Crippen LogP contribution in [-0.2, 0) is 13.6 Å². The lowest BCUT2D eigenvalue weighted by Crippen LogP contribution is -1.98. The van der Waals surface area contributed by atoms with Gasteiger partial charge in [-0.2, -0.15) is 5.10 Å². The van der Waals surface area contributed by atoms with Crippen LogP contribution in [0.15, 0.2) is 30.7 Å². The maximum Gasteiger partial charge on any atom is 0.0729 e. The van der Waals surface area contributed by atoms with Crippen LogP contribution in [0.3, 0.4) is 0 Å². The Morgan fingerprint density at radius 1 is 1.62 bits per heavy atom. The molecule has 0 aliphatic heterocycles. The van der Waals surface area contributed by atoms with E-state index >= 15 is 0 Å². The van der Waals surface area contributed by atoms with Gasteiger partial charge in [-0.25, -0.2) is 0 Å². The molecule has 0 atom stereocenters. The van der Waals surface area contributed by atoms with Gasteiger partial charge in [-0.3, -0.25) is 4.68 Å². The van der Waals surface area contributed by atoms with Crippen molar-refractivity contribution >= 4 is 5.69 Å². The highest BCUT2D eigenvalue weighted by atomic mass is 15.3. The Kier molecular flexibility index (Phi) is 2.04. The summed E-state index contributed by atoms with van der Waals surface area (Å²) in [6, 6.07) is 4.03. The molecule has 0 saturated heterocycles. The molecule has 2 N–H and O–H groups in total. The Morgan fingerprint density at radius 3 is 3.15 bits per heavy atom. The highest BCUT2D eigenvalue weighted by Crippen LogP contribution is 2.05. The molecule has 0 bridgehead atoms. The number of nitrogens with zero attached hydrogens (tertiary/aromatic N) is 2. The van der Waals surface area contributed by atoms with Gasteiger partial charge in [-0.15, -0.1) is 0 Å². The zero-order valence-electron chi connectivity index (χ0n) is 7.49. The van der Waals surface area contributed by atoms with Gasteiger partial charge in [0.25, 0.3) is 0 Å². The summed E-state index contributed by atoms with van der Waals surface area (Å²) in [7, 11) is 1.90. The van der Waals surface area contributed by atoms with E-state index in [9.17, 15) is 0 Å². The monoisotopic (exact) mass is 176 g/mol. The van der Waals surface area contributed by atoms with E-state index in [4.69, 9.17) is 0 Å². The molecule has 0 aliphatic carbocycles. The minimum absolute atomic E-state index is 0.804. The van der Waals surface area contributed by atoms with Gasteiger partial charge in [-0.1, -0.05) is 0 Å². The molecule has 0 radical (unpaired) electrons. The van der Waals surface area contributed by atoms with Crippen LogP contribution >= 0.6 is 0 Å². The molecule has 2 aromatic heterocycles. The summed E-state index contributed by atoms with van der Waals surface area (Å²) in [4.78, 5) is 3.12. The number of aromatic nitrogens is 3. The first-order valence-electron chi connectivity index (χ1n) is 4.19. The third-order valence-corrected chi connectivity index (χ3v) is 1.85. The predicted molar refractivity (Wildman–Crippen MR) is 51.3 cm³/mol. The lowest BCUT2D eigenvalue weighted by atomic mass is 10.4. The number of nitrogens with one attached hydrogen (secondary N) is 2. The summed E-state index contributed by atoms with van der Waals surface area (Å²) in [6.45, 7) is 0.804. The van der Waals surface area contributed by atoms with Crippen molar-refractivity contribution < 1.29 is 0 Å². The van der Waals surface area contributed by atoms with Crippen molar-refractivity contribution in [2.45, 2.75) is 6.54 Å². The lowest BCUT2D eigenvalue weighted by molar-refractivity contribution is 0.768. The first-order valence-corrected chi connectivity index (χ1v) is 4.19. The molecule has 68 valence electrons. The minimum atomic E-state index is 0.804. The van der Waals surface area contributed by atoms with Gasteiger partial charge in [0.2, 0.25) is 0 Å². The fraction of sp³-hybridized carbons (Fsp3) is 0.222. The molecule has 0 fully saturated rings. The maximum atomic E-state index is 4.06. The van der Waals surface area contributed by atoms with Gasteiger partial charge < -0.3 is 10.3 Å². The van der Waals surface area contributed by atoms with Crippen molar-refractivity contribution in [1.29, 1.82) is 0 Å². The maximum absolute atomic E-state index is 4.06. The van der Waals surface area contributed by atoms with Crippen LogP contribution in [0.25, 0.3) is 0 Å². The predicted octanol–water partition coefficient (Wildman–Crippen LogP) is 1.36. The minimum Gasteiger partial charge on any atom is -0.377 e. The Hall–Kier alpha value is -1.71. The molecule has 2 heterocycles. The van der Waals surface area contributed by atoms with Crippen LogP contribution in [-0.4, -0.2) is 14.8 Å². The number of aromatic amines is 1. The van der Waals surface area contributed by atoms with Crippen LogP contribution in [0.1, 0.15) is 5.69 Å². The molecule has 13 heavy (non-hydrogen) atoms. The highest BCUT2D eigenvalue weighted by molar-refractivity contribution is 5.38. The Labute approximate surface area is 76.6 Å². The molecule has 0 unspecified atom stereocenters. The van der Waals surface area contributed by atoms with E-state index < -0.39 is 0 Å². The fourth-order valence-electron chi connectivity index (χ4n) is 1.19. The smallest absolute Gasteiger partial charge is 0.0729 e. The van der Waals surface area contributed by atoms with Gasteiger partial charge in [-0.05, 0) is 12.1 Å². The van der Waals surface area contributed by atoms with Crippen LogP contribution in [0.4, 0.5) is 5.69 Å². The Morgan fingerprint density at radius 2 is 2.54 bits per heavy atom. The number of H-pyrrole nitrogens is 1. The standard InChI is InChI=1S/C9H12N4/c1-13-7-9(6-12-13)11-5-8-3-2-4-10-8/h2-4,6-7,10-11H,5H2,1H3. The second-order valence-corrected chi connectivity index (χ2v) is 2.95. The van der Waals surface area contributed by atoms with Gasteiger partial charge in [0, 0.05) is 25.1 Å². The van der Waals surface area contributed by atoms with Gasteiger partial charge in [0.1, 0.15) is 0 Å². The molecule has 0 amide bonds. The van der Waals surface area contributed by atoms with E-state index in [0.717, 1.165) is 12.2 Å². The van der Waals surface area contributed by atoms with E-state index in [0.29, 0.717) is 0 Å². The zero-order chi connectivity index (χ0) is 9.10. The first-order chi connectivity index (χ1) is 6.34. The molecular weight excluding hydrogens is 164 g/mol. The second kappa shape index (κ2) is 3.35. The molecule has 0 aromatic carbocycles. The van der Waals surface area contributed by atoms with Gasteiger partial charge in [0.05, 0.1) is 18.4 Å². The molecule has 4 heteroatoms. The first kappa shape index (κ1) is 7.91. The number of hydrogen-bond acceptors (Lipinski definition) is 2. The molecule has 2 aromatic rings. The fourth-order valence-corrected chi connectivity index (χ4v) is 1.19. The number of aryl methyl sites for hydroxylation is 1. The summed E-state index contributed by atoms with van der Waals surface area (Å²) in [5.41, 5.74) is 2.21. The largest absolute Gasteiger partial charge is 0.377 e. The van der Waals surface area contributed by atoms with Crippen molar-refractivity contribution in [2.24, 2.45) is 7.05 Å². The van der Waals surface area contributed by atoms with E-state index in [1.807, 2.05) is 37.8 Å². The van der Waals surface area contributed by atoms with Crippen molar-refractivity contribution in [3.05, 3.63) is 36.4 Å². The van der Waals surface area contributed by atoms with Crippen molar-refractivity contribution in [3.8, 4) is 0 Å². The summed E-state index contributed by atoms with van der Waals surface area (Å²) in [5, 5.41) is 7.31. The Balaban J connectivity index is 1.93. The molecule has 0 saturated carbocycles. The topological polar surface area (TPSA) is 45.6 Å². The summed E-state index contributed by atoms with van der Waals surface area (Å²) >= 11 is 0. The van der Waals surface area contributed by atoms with Crippen LogP contribution < -0.4 is 5.32 Å². The van der Waals surface area contributed by atoms with E-state index in [1.54, 1.807) is 4.68 Å². The number of anilines is 1. The van der Waals surface area contributed by atoms with Gasteiger partial charge >= 0.3 is 0 Å². The van der Waals surface area contributed by atoms with E-state index in [-0.39, 0.29) is 0 Å². The molecule has 4 nitrogen and oxygen atoms in total. The van der Waals surface area contributed by atoms with Crippen LogP contribution in [0.2, 0.25) is 0 Å². The number of rotatable bonds is 3. The van der Waals surface area contributed by atoms with Gasteiger partial charge in [0.15, 0.2) is 0 Å². The zero-order valence-corrected chi connectivity index (χ0v) is 7.49. The third kappa shape index (κ3) is 1.90. The van der Waals surface area contributed by atoms with Crippen molar-refractivity contribution in [3.63, 3.8) is 0 Å². The molecule has 0 aliphatic rings. The third-order valence-electron chi connectivity index (χ3n) is 1.85. The molecule has 0 spiro atoms. The van der Waals surface area contributed by atoms with Crippen molar-refractivity contribution in [1.82, 2.24) is 14.8 Å². The highest BCUT2D eigenvalue weighted by Gasteiger charge is 1.95. The number of hydrogen-bond donors (Lipinski definition) is 2. The normalized spacial score (nSPS) is 10.2. The Bertz CT molecular complexity index is 361. The average Bonchev–Trinajstić information content (AvgIpc) is 2.71. The lowest BCUT2D eigenvalue weighted by Gasteiger charge is -1.99. The summed E-state index contributed by atoms with van der Waals surface area (Å²) < 4.78 is 1.77. The molecule has 2 rings (SSSR count). The van der Waals surface area contributed by atoms with E-state index in [1.165, 1.54) is 5.69 Å². The van der Waals surface area contributed by atoms with E-state index in [2.05, 4.69) is 15.4 Å². The second-order valence-electron chi connectivity index (χ2n) is 2.95.